The number of sulfonamides is 1. The van der Waals surface area contributed by atoms with Gasteiger partial charge in [-0.15, -0.1) is 0 Å². The number of hydrogen-bond acceptors (Lipinski definition) is 5. The summed E-state index contributed by atoms with van der Waals surface area (Å²) in [4.78, 5) is 10.5. The summed E-state index contributed by atoms with van der Waals surface area (Å²) in [7, 11) is -3.96. The Morgan fingerprint density at radius 3 is 2.17 bits per heavy atom. The molecule has 8 heteroatoms. The highest BCUT2D eigenvalue weighted by atomic mass is 32.2. The van der Waals surface area contributed by atoms with Crippen molar-refractivity contribution in [3.05, 3.63) is 88.5 Å². The van der Waals surface area contributed by atoms with Gasteiger partial charge in [-0.05, 0) is 56.3 Å². The van der Waals surface area contributed by atoms with Gasteiger partial charge in [-0.3, -0.25) is 14.4 Å². The molecule has 0 N–H and O–H groups in total. The first-order valence-corrected chi connectivity index (χ1v) is 10.4. The van der Waals surface area contributed by atoms with Gasteiger partial charge in [0, 0.05) is 18.2 Å². The van der Waals surface area contributed by atoms with E-state index in [4.69, 9.17) is 4.74 Å². The largest absolute Gasteiger partial charge is 0.457 e. The van der Waals surface area contributed by atoms with Gasteiger partial charge in [0.2, 0.25) is 0 Å². The number of anilines is 1. The smallest absolute Gasteiger partial charge is 0.273 e. The fraction of sp³-hybridized carbons (Fsp3) is 0.143. The van der Waals surface area contributed by atoms with Crippen molar-refractivity contribution in [2.75, 3.05) is 10.8 Å². The zero-order valence-corrected chi connectivity index (χ0v) is 16.8. The second kappa shape index (κ2) is 8.32. The van der Waals surface area contributed by atoms with Gasteiger partial charge in [0.25, 0.3) is 15.7 Å². The predicted molar refractivity (Wildman–Crippen MR) is 111 cm³/mol. The second-order valence-electron chi connectivity index (χ2n) is 6.28. The van der Waals surface area contributed by atoms with Gasteiger partial charge in [0.05, 0.1) is 15.5 Å². The van der Waals surface area contributed by atoms with Crippen molar-refractivity contribution >= 4 is 21.4 Å². The van der Waals surface area contributed by atoms with Crippen molar-refractivity contribution in [2.24, 2.45) is 0 Å². The molecule has 0 saturated carbocycles. The molecule has 0 heterocycles. The average Bonchev–Trinajstić information content (AvgIpc) is 2.70. The van der Waals surface area contributed by atoms with Crippen LogP contribution in [-0.2, 0) is 10.0 Å². The van der Waals surface area contributed by atoms with Crippen LogP contribution in [-0.4, -0.2) is 19.9 Å². The molecule has 0 saturated heterocycles. The van der Waals surface area contributed by atoms with E-state index in [-0.39, 0.29) is 17.1 Å². The molecule has 0 spiro atoms. The number of nitro benzene ring substituents is 1. The highest BCUT2D eigenvalue weighted by molar-refractivity contribution is 7.92. The third-order valence-corrected chi connectivity index (χ3v) is 6.26. The fourth-order valence-electron chi connectivity index (χ4n) is 2.87. The lowest BCUT2D eigenvalue weighted by atomic mass is 10.2. The molecule has 0 bridgehead atoms. The number of benzene rings is 3. The summed E-state index contributed by atoms with van der Waals surface area (Å²) in [6, 6.07) is 19.8. The molecule has 0 amide bonds. The molecular formula is C21H20N2O5S. The third kappa shape index (κ3) is 4.38. The summed E-state index contributed by atoms with van der Waals surface area (Å²) in [5.74, 6) is 1.24. The number of rotatable bonds is 7. The van der Waals surface area contributed by atoms with Gasteiger partial charge < -0.3 is 4.74 Å². The minimum atomic E-state index is -3.96. The summed E-state index contributed by atoms with van der Waals surface area (Å²) in [5.41, 5.74) is 0.615. The van der Waals surface area contributed by atoms with Crippen LogP contribution >= 0.6 is 0 Å². The first kappa shape index (κ1) is 20.3. The van der Waals surface area contributed by atoms with Crippen LogP contribution < -0.4 is 9.04 Å². The van der Waals surface area contributed by atoms with Crippen LogP contribution in [0, 0.1) is 17.0 Å². The van der Waals surface area contributed by atoms with Crippen molar-refractivity contribution < 1.29 is 18.1 Å². The molecule has 3 rings (SSSR count). The first-order valence-electron chi connectivity index (χ1n) is 8.93. The number of nitrogens with zero attached hydrogens (tertiary/aromatic N) is 2. The first-order chi connectivity index (χ1) is 13.8. The van der Waals surface area contributed by atoms with E-state index in [0.717, 1.165) is 6.07 Å². The Hall–Kier alpha value is -3.39. The van der Waals surface area contributed by atoms with Crippen molar-refractivity contribution in [1.29, 1.82) is 0 Å². The lowest BCUT2D eigenvalue weighted by Crippen LogP contribution is -2.30. The molecule has 29 heavy (non-hydrogen) atoms. The molecule has 150 valence electrons. The summed E-state index contributed by atoms with van der Waals surface area (Å²) in [5, 5.41) is 11.2. The molecule has 7 nitrogen and oxygen atoms in total. The monoisotopic (exact) mass is 412 g/mol. The molecule has 0 aliphatic carbocycles. The highest BCUT2D eigenvalue weighted by Gasteiger charge is 2.26. The van der Waals surface area contributed by atoms with Gasteiger partial charge >= 0.3 is 0 Å². The lowest BCUT2D eigenvalue weighted by Gasteiger charge is -2.23. The highest BCUT2D eigenvalue weighted by Crippen LogP contribution is 2.30. The van der Waals surface area contributed by atoms with E-state index in [1.165, 1.54) is 16.4 Å². The molecule has 0 aromatic heterocycles. The Kier molecular flexibility index (Phi) is 5.84. The molecule has 3 aromatic carbocycles. The van der Waals surface area contributed by atoms with Crippen LogP contribution in [0.3, 0.4) is 0 Å². The molecule has 0 unspecified atom stereocenters. The van der Waals surface area contributed by atoms with Crippen molar-refractivity contribution in [2.45, 2.75) is 18.7 Å². The third-order valence-electron chi connectivity index (χ3n) is 4.36. The molecule has 0 fully saturated rings. The normalized spacial score (nSPS) is 11.1. The molecule has 3 aromatic rings. The predicted octanol–water partition coefficient (Wildman–Crippen LogP) is 4.91. The van der Waals surface area contributed by atoms with Gasteiger partial charge in [0.15, 0.2) is 0 Å². The Balaban J connectivity index is 1.90. The maximum Gasteiger partial charge on any atom is 0.273 e. The zero-order valence-electron chi connectivity index (χ0n) is 16.0. The number of nitro groups is 1. The summed E-state index contributed by atoms with van der Waals surface area (Å²) >= 11 is 0. The van der Waals surface area contributed by atoms with E-state index >= 15 is 0 Å². The minimum Gasteiger partial charge on any atom is -0.457 e. The Morgan fingerprint density at radius 2 is 1.59 bits per heavy atom. The van der Waals surface area contributed by atoms with Crippen LogP contribution in [0.15, 0.2) is 77.7 Å². The molecular weight excluding hydrogens is 392 g/mol. The van der Waals surface area contributed by atoms with E-state index < -0.39 is 14.9 Å². The van der Waals surface area contributed by atoms with Crippen molar-refractivity contribution in [1.82, 2.24) is 0 Å². The quantitative estimate of drug-likeness (QED) is 0.406. The minimum absolute atomic E-state index is 0.124. The SMILES string of the molecule is CCN(c1ccc(Oc2ccccc2)cc1)S(=O)(=O)c1ccc(C)c([N+](=O)[O-])c1. The van der Waals surface area contributed by atoms with Crippen LogP contribution in [0.1, 0.15) is 12.5 Å². The fourth-order valence-corrected chi connectivity index (χ4v) is 4.36. The van der Waals surface area contributed by atoms with Gasteiger partial charge in [-0.1, -0.05) is 24.3 Å². The van der Waals surface area contributed by atoms with Crippen LogP contribution in [0.5, 0.6) is 11.5 Å². The van der Waals surface area contributed by atoms with E-state index in [9.17, 15) is 18.5 Å². The Labute approximate surface area is 169 Å². The number of hydrogen-bond donors (Lipinski definition) is 0. The van der Waals surface area contributed by atoms with Crippen LogP contribution in [0.25, 0.3) is 0 Å². The van der Waals surface area contributed by atoms with Crippen LogP contribution in [0.4, 0.5) is 11.4 Å². The second-order valence-corrected chi connectivity index (χ2v) is 8.15. The topological polar surface area (TPSA) is 89.8 Å². The number of aryl methyl sites for hydroxylation is 1. The molecule has 0 radical (unpaired) electrons. The maximum atomic E-state index is 13.1. The van der Waals surface area contributed by atoms with Gasteiger partial charge in [0.1, 0.15) is 11.5 Å². The summed E-state index contributed by atoms with van der Waals surface area (Å²) in [6.45, 7) is 3.44. The number of para-hydroxylation sites is 1. The standard InChI is InChI=1S/C21H20N2O5S/c1-3-22(29(26,27)20-14-9-16(2)21(15-20)23(24)25)17-10-12-19(13-11-17)28-18-7-5-4-6-8-18/h4-15H,3H2,1-2H3. The lowest BCUT2D eigenvalue weighted by molar-refractivity contribution is -0.385. The van der Waals surface area contributed by atoms with Crippen molar-refractivity contribution in [3.8, 4) is 11.5 Å². The van der Waals surface area contributed by atoms with E-state index in [0.29, 0.717) is 22.7 Å². The van der Waals surface area contributed by atoms with E-state index in [1.54, 1.807) is 38.1 Å². The molecule has 0 atom stereocenters. The van der Waals surface area contributed by atoms with E-state index in [2.05, 4.69) is 0 Å². The van der Waals surface area contributed by atoms with Gasteiger partial charge in [-0.25, -0.2) is 8.42 Å². The van der Waals surface area contributed by atoms with Crippen molar-refractivity contribution in [3.63, 3.8) is 0 Å². The Morgan fingerprint density at radius 1 is 0.966 bits per heavy atom. The van der Waals surface area contributed by atoms with E-state index in [1.807, 2.05) is 30.3 Å². The average molecular weight is 412 g/mol. The zero-order chi connectivity index (χ0) is 21.0. The van der Waals surface area contributed by atoms with Crippen LogP contribution in [0.2, 0.25) is 0 Å². The summed E-state index contributed by atoms with van der Waals surface area (Å²) < 4.78 is 33.1. The molecule has 0 aliphatic rings. The summed E-state index contributed by atoms with van der Waals surface area (Å²) in [6.07, 6.45) is 0. The Bertz CT molecular complexity index is 1110. The molecule has 0 aliphatic heterocycles. The maximum absolute atomic E-state index is 13.1. The number of ether oxygens (including phenoxy) is 1. The van der Waals surface area contributed by atoms with Gasteiger partial charge in [-0.2, -0.15) is 0 Å².